The minimum Gasteiger partial charge on any atom is -0.481 e. The van der Waals surface area contributed by atoms with Crippen molar-refractivity contribution in [1.82, 2.24) is 4.98 Å². The summed E-state index contributed by atoms with van der Waals surface area (Å²) in [6, 6.07) is 8.22. The number of benzene rings is 1. The average molecular weight is 280 g/mol. The summed E-state index contributed by atoms with van der Waals surface area (Å²) in [5, 5.41) is 9.54. The Hall–Kier alpha value is -1.94. The molecule has 0 aliphatic carbocycles. The van der Waals surface area contributed by atoms with E-state index >= 15 is 0 Å². The first kappa shape index (κ1) is 13.5. The van der Waals surface area contributed by atoms with E-state index in [9.17, 15) is 9.18 Å². The zero-order valence-electron chi connectivity index (χ0n) is 9.88. The van der Waals surface area contributed by atoms with Crippen molar-refractivity contribution in [2.24, 2.45) is 0 Å². The quantitative estimate of drug-likeness (QED) is 0.932. The minimum absolute atomic E-state index is 0.192. The number of carboxylic acid groups (broad SMARTS) is 1. The molecule has 5 heteroatoms. The number of pyridine rings is 1. The smallest absolute Gasteiger partial charge is 0.304 e. The Bertz CT molecular complexity index is 586. The average Bonchev–Trinajstić information content (AvgIpc) is 2.38. The van der Waals surface area contributed by atoms with Crippen LogP contribution in [0.2, 0.25) is 5.02 Å². The third-order valence-electron chi connectivity index (χ3n) is 2.83. The minimum atomic E-state index is -0.990. The third-order valence-corrected chi connectivity index (χ3v) is 3.08. The first-order valence-corrected chi connectivity index (χ1v) is 6.02. The predicted octanol–water partition coefficient (Wildman–Crippen LogP) is 3.48. The molecule has 2 aromatic rings. The predicted molar refractivity (Wildman–Crippen MR) is 69.7 cm³/mol. The normalized spacial score (nSPS) is 12.1. The number of aliphatic carboxylic acids is 1. The second-order valence-corrected chi connectivity index (χ2v) is 4.54. The van der Waals surface area contributed by atoms with Gasteiger partial charge in [0.2, 0.25) is 0 Å². The maximum Gasteiger partial charge on any atom is 0.304 e. The second kappa shape index (κ2) is 5.80. The van der Waals surface area contributed by atoms with Gasteiger partial charge in [0.15, 0.2) is 0 Å². The molecule has 3 nitrogen and oxygen atoms in total. The highest BCUT2D eigenvalue weighted by Gasteiger charge is 2.21. The second-order valence-electron chi connectivity index (χ2n) is 4.10. The van der Waals surface area contributed by atoms with Gasteiger partial charge >= 0.3 is 5.97 Å². The molecule has 0 amide bonds. The molecule has 0 saturated heterocycles. The number of nitrogens with zero attached hydrogens (tertiary/aromatic N) is 1. The van der Waals surface area contributed by atoms with Gasteiger partial charge in [0.25, 0.3) is 0 Å². The highest BCUT2D eigenvalue weighted by Crippen LogP contribution is 2.30. The van der Waals surface area contributed by atoms with E-state index in [4.69, 9.17) is 16.7 Å². The lowest BCUT2D eigenvalue weighted by Gasteiger charge is -2.16. The van der Waals surface area contributed by atoms with Gasteiger partial charge in [-0.05, 0) is 29.3 Å². The summed E-state index contributed by atoms with van der Waals surface area (Å²) in [5.41, 5.74) is 1.02. The van der Waals surface area contributed by atoms with Crippen molar-refractivity contribution in [3.63, 3.8) is 0 Å². The first-order valence-electron chi connectivity index (χ1n) is 5.64. The molecule has 1 atom stereocenters. The fraction of sp³-hybridized carbons (Fsp3) is 0.143. The molecule has 1 N–H and O–H groups in total. The van der Waals surface area contributed by atoms with Crippen LogP contribution in [0.1, 0.15) is 23.5 Å². The molecule has 0 saturated carbocycles. The zero-order chi connectivity index (χ0) is 13.8. The topological polar surface area (TPSA) is 50.2 Å². The molecule has 0 aliphatic heterocycles. The summed E-state index contributed by atoms with van der Waals surface area (Å²) >= 11 is 5.80. The largest absolute Gasteiger partial charge is 0.481 e. The molecule has 98 valence electrons. The van der Waals surface area contributed by atoms with Gasteiger partial charge < -0.3 is 5.11 Å². The molecular formula is C14H11ClFNO2. The van der Waals surface area contributed by atoms with Gasteiger partial charge in [-0.25, -0.2) is 4.39 Å². The number of carboxylic acids is 1. The van der Waals surface area contributed by atoms with Crippen LogP contribution in [0.25, 0.3) is 0 Å². The highest BCUT2D eigenvalue weighted by atomic mass is 35.5. The maximum atomic E-state index is 13.8. The van der Waals surface area contributed by atoms with Crippen LogP contribution in [0.4, 0.5) is 4.39 Å². The number of carbonyl (C=O) groups is 1. The fourth-order valence-electron chi connectivity index (χ4n) is 1.95. The first-order chi connectivity index (χ1) is 9.08. The van der Waals surface area contributed by atoms with Crippen LogP contribution >= 0.6 is 11.6 Å². The van der Waals surface area contributed by atoms with Crippen LogP contribution in [0.5, 0.6) is 0 Å². The summed E-state index contributed by atoms with van der Waals surface area (Å²) in [4.78, 5) is 14.6. The van der Waals surface area contributed by atoms with Crippen molar-refractivity contribution >= 4 is 17.6 Å². The van der Waals surface area contributed by atoms with Crippen molar-refractivity contribution in [3.05, 3.63) is 64.7 Å². The molecular weight excluding hydrogens is 269 g/mol. The molecule has 2 rings (SSSR count). The molecule has 0 bridgehead atoms. The van der Waals surface area contributed by atoms with Crippen molar-refractivity contribution in [2.75, 3.05) is 0 Å². The van der Waals surface area contributed by atoms with Gasteiger partial charge in [0, 0.05) is 17.1 Å². The van der Waals surface area contributed by atoms with Gasteiger partial charge in [-0.2, -0.15) is 0 Å². The van der Waals surface area contributed by atoms with Crippen LogP contribution in [0, 0.1) is 5.82 Å². The lowest BCUT2D eigenvalue weighted by atomic mass is 9.89. The molecule has 0 fully saturated rings. The fourth-order valence-corrected chi connectivity index (χ4v) is 2.07. The van der Waals surface area contributed by atoms with E-state index < -0.39 is 17.7 Å². The van der Waals surface area contributed by atoms with Crippen molar-refractivity contribution in [3.8, 4) is 0 Å². The number of hydrogen-bond donors (Lipinski definition) is 1. The molecule has 0 aliphatic rings. The number of rotatable bonds is 4. The Morgan fingerprint density at radius 1 is 1.32 bits per heavy atom. The van der Waals surface area contributed by atoms with Gasteiger partial charge in [0.05, 0.1) is 12.6 Å². The Kier molecular flexibility index (Phi) is 4.12. The van der Waals surface area contributed by atoms with Crippen molar-refractivity contribution in [2.45, 2.75) is 12.3 Å². The van der Waals surface area contributed by atoms with Crippen molar-refractivity contribution < 1.29 is 14.3 Å². The molecule has 1 heterocycles. The van der Waals surface area contributed by atoms with Gasteiger partial charge in [-0.1, -0.05) is 23.7 Å². The number of halogens is 2. The third kappa shape index (κ3) is 3.29. The van der Waals surface area contributed by atoms with E-state index in [2.05, 4.69) is 4.98 Å². The Morgan fingerprint density at radius 2 is 2.00 bits per heavy atom. The van der Waals surface area contributed by atoms with E-state index in [1.165, 1.54) is 12.3 Å². The Morgan fingerprint density at radius 3 is 2.58 bits per heavy atom. The summed E-state index contributed by atoms with van der Waals surface area (Å²) in [6.45, 7) is 0. The lowest BCUT2D eigenvalue weighted by molar-refractivity contribution is -0.137. The monoisotopic (exact) mass is 279 g/mol. The molecule has 0 radical (unpaired) electrons. The Balaban J connectivity index is 2.44. The molecule has 1 aromatic carbocycles. The maximum absolute atomic E-state index is 13.8. The number of aromatic nitrogens is 1. The SMILES string of the molecule is O=C(O)CC(c1ccc(Cl)cc1)c1ccncc1F. The standard InChI is InChI=1S/C14H11ClFNO2/c15-10-3-1-9(2-4-10)12(7-14(18)19)11-5-6-17-8-13(11)16/h1-6,8,12H,7H2,(H,18,19). The lowest BCUT2D eigenvalue weighted by Crippen LogP contribution is -2.09. The summed E-state index contributed by atoms with van der Waals surface area (Å²) in [5.74, 6) is -2.06. The van der Waals surface area contributed by atoms with Crippen LogP contribution in [0.3, 0.4) is 0 Å². The molecule has 0 spiro atoms. The molecule has 1 unspecified atom stereocenters. The van der Waals surface area contributed by atoms with E-state index in [1.807, 2.05) is 0 Å². The highest BCUT2D eigenvalue weighted by molar-refractivity contribution is 6.30. The molecule has 1 aromatic heterocycles. The van der Waals surface area contributed by atoms with Crippen LogP contribution in [-0.2, 0) is 4.79 Å². The van der Waals surface area contributed by atoms with Crippen molar-refractivity contribution in [1.29, 1.82) is 0 Å². The zero-order valence-corrected chi connectivity index (χ0v) is 10.6. The van der Waals surface area contributed by atoms with Crippen LogP contribution < -0.4 is 0 Å². The van der Waals surface area contributed by atoms with Gasteiger partial charge in [0.1, 0.15) is 5.82 Å². The van der Waals surface area contributed by atoms with E-state index in [-0.39, 0.29) is 6.42 Å². The summed E-state index contributed by atoms with van der Waals surface area (Å²) in [7, 11) is 0. The van der Waals surface area contributed by atoms with E-state index in [0.29, 0.717) is 16.1 Å². The van der Waals surface area contributed by atoms with E-state index in [0.717, 1.165) is 6.20 Å². The van der Waals surface area contributed by atoms with Gasteiger partial charge in [-0.15, -0.1) is 0 Å². The summed E-state index contributed by atoms with van der Waals surface area (Å²) < 4.78 is 13.8. The van der Waals surface area contributed by atoms with E-state index in [1.54, 1.807) is 24.3 Å². The number of hydrogen-bond acceptors (Lipinski definition) is 2. The van der Waals surface area contributed by atoms with Gasteiger partial charge in [-0.3, -0.25) is 9.78 Å². The Labute approximate surface area is 114 Å². The summed E-state index contributed by atoms with van der Waals surface area (Å²) in [6.07, 6.45) is 2.34. The van der Waals surface area contributed by atoms with Crippen LogP contribution in [0.15, 0.2) is 42.7 Å². The molecule has 19 heavy (non-hydrogen) atoms. The van der Waals surface area contributed by atoms with Crippen LogP contribution in [-0.4, -0.2) is 16.1 Å².